The van der Waals surface area contributed by atoms with E-state index in [9.17, 15) is 0 Å². The van der Waals surface area contributed by atoms with Crippen LogP contribution in [-0.2, 0) is 25.7 Å². The zero-order chi connectivity index (χ0) is 22.6. The fraction of sp³-hybridized carbons (Fsp3) is 0.250. The Morgan fingerprint density at radius 2 is 0.515 bits per heavy atom. The van der Waals surface area contributed by atoms with E-state index in [-0.39, 0.29) is 0 Å². The van der Waals surface area contributed by atoms with Crippen molar-refractivity contribution in [3.8, 4) is 0 Å². The van der Waals surface area contributed by atoms with Gasteiger partial charge in [0, 0.05) is 25.7 Å². The van der Waals surface area contributed by atoms with Crippen LogP contribution in [0.25, 0.3) is 0 Å². The fourth-order valence-corrected chi connectivity index (χ4v) is 4.71. The third kappa shape index (κ3) is 7.44. The van der Waals surface area contributed by atoms with Crippen molar-refractivity contribution in [3.05, 3.63) is 144 Å². The van der Waals surface area contributed by atoms with Crippen LogP contribution < -0.4 is 0 Å². The van der Waals surface area contributed by atoms with E-state index < -0.39 is 0 Å². The molecule has 4 aromatic rings. The van der Waals surface area contributed by atoms with E-state index in [1.807, 2.05) is 0 Å². The monoisotopic (exact) mass is 434 g/mol. The maximum Gasteiger partial charge on any atom is 0.0827 e. The Hall–Kier alpha value is -3.16. The van der Waals surface area contributed by atoms with Gasteiger partial charge >= 0.3 is 0 Å². The first-order valence-electron chi connectivity index (χ1n) is 12.3. The van der Waals surface area contributed by atoms with Gasteiger partial charge in [-0.25, -0.2) is 0 Å². The molecule has 0 spiro atoms. The molecule has 0 aliphatic carbocycles. The summed E-state index contributed by atoms with van der Waals surface area (Å²) < 4.78 is 1.15. The van der Waals surface area contributed by atoms with E-state index in [1.165, 1.54) is 48.4 Å². The first kappa shape index (κ1) is 23.0. The van der Waals surface area contributed by atoms with Crippen LogP contribution in [0.4, 0.5) is 0 Å². The van der Waals surface area contributed by atoms with E-state index >= 15 is 0 Å². The van der Waals surface area contributed by atoms with E-state index in [2.05, 4.69) is 121 Å². The summed E-state index contributed by atoms with van der Waals surface area (Å²) in [4.78, 5) is 0. The molecule has 0 aliphatic rings. The molecule has 4 rings (SSSR count). The molecule has 0 unspecified atom stereocenters. The van der Waals surface area contributed by atoms with Gasteiger partial charge in [-0.1, -0.05) is 121 Å². The lowest BCUT2D eigenvalue weighted by Gasteiger charge is -2.39. The van der Waals surface area contributed by atoms with Crippen LogP contribution in [-0.4, -0.2) is 30.7 Å². The molecule has 0 saturated carbocycles. The third-order valence-corrected chi connectivity index (χ3v) is 6.87. The molecule has 1 heteroatoms. The van der Waals surface area contributed by atoms with Crippen LogP contribution in [0.5, 0.6) is 0 Å². The Morgan fingerprint density at radius 1 is 0.303 bits per heavy atom. The first-order chi connectivity index (χ1) is 16.3. The highest BCUT2D eigenvalue weighted by atomic mass is 15.3. The Bertz CT molecular complexity index is 863. The molecule has 0 fully saturated rings. The second-order valence-corrected chi connectivity index (χ2v) is 9.18. The zero-order valence-corrected chi connectivity index (χ0v) is 19.7. The topological polar surface area (TPSA) is 0 Å². The molecule has 0 aliphatic heterocycles. The molecular formula is C32H36N+. The molecule has 0 saturated heterocycles. The van der Waals surface area contributed by atoms with Gasteiger partial charge < -0.3 is 4.48 Å². The van der Waals surface area contributed by atoms with Gasteiger partial charge in [0.1, 0.15) is 0 Å². The number of quaternary nitrogens is 1. The maximum absolute atomic E-state index is 2.28. The summed E-state index contributed by atoms with van der Waals surface area (Å²) >= 11 is 0. The Kier molecular flexibility index (Phi) is 8.49. The van der Waals surface area contributed by atoms with E-state index in [0.717, 1.165) is 30.2 Å². The van der Waals surface area contributed by atoms with Gasteiger partial charge in [0.15, 0.2) is 0 Å². The average Bonchev–Trinajstić information content (AvgIpc) is 2.90. The Morgan fingerprint density at radius 3 is 0.727 bits per heavy atom. The molecule has 33 heavy (non-hydrogen) atoms. The normalized spacial score (nSPS) is 11.4. The summed E-state index contributed by atoms with van der Waals surface area (Å²) in [7, 11) is 0. The fourth-order valence-electron chi connectivity index (χ4n) is 4.71. The van der Waals surface area contributed by atoms with Crippen LogP contribution in [0.1, 0.15) is 22.3 Å². The lowest BCUT2D eigenvalue weighted by molar-refractivity contribution is -0.927. The van der Waals surface area contributed by atoms with Crippen LogP contribution >= 0.6 is 0 Å². The molecule has 0 N–H and O–H groups in total. The number of nitrogens with zero attached hydrogens (tertiary/aromatic N) is 1. The zero-order valence-electron chi connectivity index (χ0n) is 19.7. The number of rotatable bonds is 12. The average molecular weight is 435 g/mol. The van der Waals surface area contributed by atoms with Crippen LogP contribution in [0.2, 0.25) is 0 Å². The summed E-state index contributed by atoms with van der Waals surface area (Å²) in [5.74, 6) is 0. The predicted molar refractivity (Wildman–Crippen MR) is 140 cm³/mol. The van der Waals surface area contributed by atoms with Gasteiger partial charge in [-0.2, -0.15) is 0 Å². The van der Waals surface area contributed by atoms with E-state index in [0.29, 0.717) is 0 Å². The quantitative estimate of drug-likeness (QED) is 0.216. The summed E-state index contributed by atoms with van der Waals surface area (Å²) in [6.45, 7) is 4.71. The third-order valence-electron chi connectivity index (χ3n) is 6.87. The minimum absolute atomic E-state index is 1.12. The van der Waals surface area contributed by atoms with Crippen molar-refractivity contribution in [1.29, 1.82) is 0 Å². The highest BCUT2D eigenvalue weighted by Gasteiger charge is 2.27. The lowest BCUT2D eigenvalue weighted by atomic mass is 10.0. The summed E-state index contributed by atoms with van der Waals surface area (Å²) in [5, 5.41) is 0. The highest BCUT2D eigenvalue weighted by molar-refractivity contribution is 5.17. The van der Waals surface area contributed by atoms with Gasteiger partial charge in [-0.3, -0.25) is 0 Å². The predicted octanol–water partition coefficient (Wildman–Crippen LogP) is 6.77. The van der Waals surface area contributed by atoms with Crippen LogP contribution in [0.15, 0.2) is 121 Å². The van der Waals surface area contributed by atoms with Crippen molar-refractivity contribution in [2.45, 2.75) is 25.7 Å². The van der Waals surface area contributed by atoms with Gasteiger partial charge in [0.2, 0.25) is 0 Å². The van der Waals surface area contributed by atoms with Crippen molar-refractivity contribution in [2.24, 2.45) is 0 Å². The van der Waals surface area contributed by atoms with Gasteiger partial charge in [-0.05, 0) is 22.3 Å². The number of hydrogen-bond acceptors (Lipinski definition) is 0. The van der Waals surface area contributed by atoms with Gasteiger partial charge in [0.05, 0.1) is 26.2 Å². The molecule has 1 nitrogen and oxygen atoms in total. The van der Waals surface area contributed by atoms with Crippen molar-refractivity contribution in [2.75, 3.05) is 26.2 Å². The summed E-state index contributed by atoms with van der Waals surface area (Å²) in [6.07, 6.45) is 4.50. The highest BCUT2D eigenvalue weighted by Crippen LogP contribution is 2.18. The molecule has 0 amide bonds. The summed E-state index contributed by atoms with van der Waals surface area (Å²) in [5.41, 5.74) is 5.77. The lowest BCUT2D eigenvalue weighted by Crippen LogP contribution is -2.53. The Labute approximate surface area is 199 Å². The number of hydrogen-bond donors (Lipinski definition) is 0. The number of benzene rings is 4. The molecule has 4 aromatic carbocycles. The van der Waals surface area contributed by atoms with E-state index in [1.54, 1.807) is 0 Å². The molecule has 168 valence electrons. The molecule has 0 aromatic heterocycles. The molecule has 0 heterocycles. The van der Waals surface area contributed by atoms with Crippen molar-refractivity contribution >= 4 is 0 Å². The SMILES string of the molecule is c1ccc(CC[N+](CCc2ccccc2)(CCc2ccccc2)CCc2ccccc2)cc1. The van der Waals surface area contributed by atoms with Gasteiger partial charge in [0.25, 0.3) is 0 Å². The maximum atomic E-state index is 2.28. The van der Waals surface area contributed by atoms with Crippen LogP contribution in [0, 0.1) is 0 Å². The molecule has 0 bridgehead atoms. The smallest absolute Gasteiger partial charge is 0.0827 e. The Balaban J connectivity index is 1.56. The second-order valence-electron chi connectivity index (χ2n) is 9.18. The van der Waals surface area contributed by atoms with Crippen molar-refractivity contribution < 1.29 is 4.48 Å². The van der Waals surface area contributed by atoms with Crippen LogP contribution in [0.3, 0.4) is 0 Å². The largest absolute Gasteiger partial charge is 0.323 e. The summed E-state index contributed by atoms with van der Waals surface area (Å²) in [6, 6.07) is 44.0. The molecular weight excluding hydrogens is 398 g/mol. The second kappa shape index (κ2) is 12.2. The first-order valence-corrected chi connectivity index (χ1v) is 12.3. The molecule has 0 atom stereocenters. The van der Waals surface area contributed by atoms with Crippen molar-refractivity contribution in [1.82, 2.24) is 0 Å². The van der Waals surface area contributed by atoms with Crippen molar-refractivity contribution in [3.63, 3.8) is 0 Å². The standard InChI is InChI=1S/C32H36N/c1-5-13-29(14-6-1)21-25-33(26-22-30-15-7-2-8-16-30,27-23-31-17-9-3-10-18-31)28-24-32-19-11-4-12-20-32/h1-20H,21-28H2/q+1. The minimum Gasteiger partial charge on any atom is -0.323 e. The van der Waals surface area contributed by atoms with E-state index in [4.69, 9.17) is 0 Å². The minimum atomic E-state index is 1.12. The van der Waals surface area contributed by atoms with Gasteiger partial charge in [-0.15, -0.1) is 0 Å². The molecule has 0 radical (unpaired) electrons.